The number of para-hydroxylation sites is 1. The SMILES string of the molecule is c1ccc(-c2c(-c3cccc(N(c4ccc(-c5ccc(-c6cccc7ccccc67)cc5)cc4)c4ccc5c(ccc6ccccc65)c4)c3)oc3ccccc23)cc1. The van der Waals surface area contributed by atoms with Gasteiger partial charge in [0, 0.05) is 33.6 Å². The van der Waals surface area contributed by atoms with E-state index in [9.17, 15) is 0 Å². The first kappa shape index (κ1) is 33.6. The normalized spacial score (nSPS) is 11.4. The highest BCUT2D eigenvalue weighted by Crippen LogP contribution is 2.44. The lowest BCUT2D eigenvalue weighted by molar-refractivity contribution is 0.632. The van der Waals surface area contributed by atoms with Crippen LogP contribution in [0.25, 0.3) is 88.0 Å². The molecule has 11 rings (SSSR count). The fraction of sp³-hybridized carbons (Fsp3) is 0. The molecule has 0 spiro atoms. The highest BCUT2D eigenvalue weighted by molar-refractivity contribution is 6.09. The number of nitrogens with zero attached hydrogens (tertiary/aromatic N) is 1. The molecule has 0 amide bonds. The summed E-state index contributed by atoms with van der Waals surface area (Å²) in [5.41, 5.74) is 12.1. The van der Waals surface area contributed by atoms with Gasteiger partial charge in [-0.2, -0.15) is 0 Å². The van der Waals surface area contributed by atoms with Crippen molar-refractivity contribution in [1.29, 1.82) is 0 Å². The molecular formula is C56H37NO. The highest BCUT2D eigenvalue weighted by atomic mass is 16.3. The second-order valence-electron chi connectivity index (χ2n) is 14.9. The van der Waals surface area contributed by atoms with Crippen molar-refractivity contribution in [2.24, 2.45) is 0 Å². The van der Waals surface area contributed by atoms with Gasteiger partial charge in [0.1, 0.15) is 11.3 Å². The monoisotopic (exact) mass is 739 g/mol. The summed E-state index contributed by atoms with van der Waals surface area (Å²) in [6, 6.07) is 80.5. The fourth-order valence-electron chi connectivity index (χ4n) is 8.64. The minimum atomic E-state index is 0.862. The number of fused-ring (bicyclic) bond motifs is 5. The van der Waals surface area contributed by atoms with Crippen LogP contribution in [-0.2, 0) is 0 Å². The Morgan fingerprint density at radius 2 is 0.845 bits per heavy atom. The first-order valence-corrected chi connectivity index (χ1v) is 19.8. The van der Waals surface area contributed by atoms with Gasteiger partial charge in [-0.05, 0) is 103 Å². The minimum absolute atomic E-state index is 0.862. The van der Waals surface area contributed by atoms with Crippen molar-refractivity contribution in [3.8, 4) is 44.7 Å². The first-order chi connectivity index (χ1) is 28.7. The zero-order valence-electron chi connectivity index (χ0n) is 31.7. The van der Waals surface area contributed by atoms with Gasteiger partial charge in [0.05, 0.1) is 0 Å². The van der Waals surface area contributed by atoms with Gasteiger partial charge in [-0.1, -0.05) is 182 Å². The molecule has 0 unspecified atom stereocenters. The van der Waals surface area contributed by atoms with Crippen LogP contribution in [0.15, 0.2) is 229 Å². The van der Waals surface area contributed by atoms with Crippen molar-refractivity contribution in [2.45, 2.75) is 0 Å². The van der Waals surface area contributed by atoms with E-state index in [1.54, 1.807) is 0 Å². The van der Waals surface area contributed by atoms with E-state index in [1.165, 1.54) is 54.6 Å². The van der Waals surface area contributed by atoms with Crippen molar-refractivity contribution >= 4 is 60.3 Å². The molecular weight excluding hydrogens is 703 g/mol. The second-order valence-corrected chi connectivity index (χ2v) is 14.9. The van der Waals surface area contributed by atoms with Crippen LogP contribution in [-0.4, -0.2) is 0 Å². The van der Waals surface area contributed by atoms with Gasteiger partial charge in [-0.3, -0.25) is 0 Å². The smallest absolute Gasteiger partial charge is 0.143 e. The molecule has 0 saturated heterocycles. The van der Waals surface area contributed by atoms with E-state index in [0.717, 1.165) is 50.5 Å². The van der Waals surface area contributed by atoms with Crippen molar-refractivity contribution in [2.75, 3.05) is 4.90 Å². The van der Waals surface area contributed by atoms with Gasteiger partial charge in [-0.15, -0.1) is 0 Å². The van der Waals surface area contributed by atoms with Crippen LogP contribution < -0.4 is 4.90 Å². The number of benzene rings is 10. The summed E-state index contributed by atoms with van der Waals surface area (Å²) in [6.07, 6.45) is 0. The molecule has 0 saturated carbocycles. The Kier molecular flexibility index (Phi) is 8.19. The Balaban J connectivity index is 1.02. The molecule has 0 atom stereocenters. The van der Waals surface area contributed by atoms with Gasteiger partial charge in [0.2, 0.25) is 0 Å². The lowest BCUT2D eigenvalue weighted by Gasteiger charge is -2.26. The molecule has 2 nitrogen and oxygen atoms in total. The maximum atomic E-state index is 6.69. The van der Waals surface area contributed by atoms with Crippen molar-refractivity contribution in [1.82, 2.24) is 0 Å². The van der Waals surface area contributed by atoms with E-state index in [0.29, 0.717) is 0 Å². The van der Waals surface area contributed by atoms with E-state index in [4.69, 9.17) is 4.42 Å². The Hall–Kier alpha value is -7.68. The lowest BCUT2D eigenvalue weighted by Crippen LogP contribution is -2.10. The maximum Gasteiger partial charge on any atom is 0.143 e. The third kappa shape index (κ3) is 5.91. The molecule has 272 valence electrons. The number of rotatable bonds is 7. The largest absolute Gasteiger partial charge is 0.455 e. The number of anilines is 3. The predicted octanol–water partition coefficient (Wildman–Crippen LogP) is 16.0. The lowest BCUT2D eigenvalue weighted by atomic mass is 9.96. The van der Waals surface area contributed by atoms with Gasteiger partial charge < -0.3 is 9.32 Å². The van der Waals surface area contributed by atoms with E-state index in [1.807, 2.05) is 6.07 Å². The molecule has 2 heteroatoms. The molecule has 0 N–H and O–H groups in total. The second kappa shape index (κ2) is 14.1. The summed E-state index contributed by atoms with van der Waals surface area (Å²) in [5.74, 6) is 0.862. The quantitative estimate of drug-likeness (QED) is 0.151. The van der Waals surface area contributed by atoms with Crippen LogP contribution in [0, 0.1) is 0 Å². The average molecular weight is 740 g/mol. The van der Waals surface area contributed by atoms with E-state index >= 15 is 0 Å². The molecule has 0 aliphatic carbocycles. The molecule has 10 aromatic carbocycles. The summed E-state index contributed by atoms with van der Waals surface area (Å²) in [5, 5.41) is 8.57. The number of hydrogen-bond donors (Lipinski definition) is 0. The van der Waals surface area contributed by atoms with Crippen LogP contribution in [0.3, 0.4) is 0 Å². The summed E-state index contributed by atoms with van der Waals surface area (Å²) < 4.78 is 6.69. The third-order valence-electron chi connectivity index (χ3n) is 11.5. The Morgan fingerprint density at radius 3 is 1.66 bits per heavy atom. The zero-order chi connectivity index (χ0) is 38.4. The van der Waals surface area contributed by atoms with Gasteiger partial charge in [0.25, 0.3) is 0 Å². The zero-order valence-corrected chi connectivity index (χ0v) is 31.7. The van der Waals surface area contributed by atoms with Crippen molar-refractivity contribution in [3.63, 3.8) is 0 Å². The van der Waals surface area contributed by atoms with Crippen molar-refractivity contribution < 1.29 is 4.42 Å². The maximum absolute atomic E-state index is 6.69. The molecule has 1 heterocycles. The van der Waals surface area contributed by atoms with Gasteiger partial charge in [-0.25, -0.2) is 0 Å². The fourth-order valence-corrected chi connectivity index (χ4v) is 8.64. The number of furan rings is 1. The van der Waals surface area contributed by atoms with Crippen LogP contribution in [0.1, 0.15) is 0 Å². The van der Waals surface area contributed by atoms with E-state index in [-0.39, 0.29) is 0 Å². The van der Waals surface area contributed by atoms with Crippen LogP contribution in [0.2, 0.25) is 0 Å². The summed E-state index contributed by atoms with van der Waals surface area (Å²) >= 11 is 0. The molecule has 0 radical (unpaired) electrons. The standard InChI is InChI=1S/C56H37NO/c1-2-14-43(15-3-1)55-53-21-8-9-23-54(53)58-56(55)45-17-10-18-47(37-45)57(48-34-35-52-44(36-48)29-28-41-13-5-7-20-50(41)52)46-32-30-39(31-33-46)38-24-26-42(27-25-38)51-22-11-16-40-12-4-6-19-49(40)51/h1-37H. The third-order valence-corrected chi connectivity index (χ3v) is 11.5. The number of hydrogen-bond acceptors (Lipinski definition) is 2. The summed E-state index contributed by atoms with van der Waals surface area (Å²) in [4.78, 5) is 2.36. The van der Waals surface area contributed by atoms with Crippen LogP contribution in [0.4, 0.5) is 17.1 Å². The molecule has 58 heavy (non-hydrogen) atoms. The van der Waals surface area contributed by atoms with E-state index < -0.39 is 0 Å². The van der Waals surface area contributed by atoms with Crippen LogP contribution in [0.5, 0.6) is 0 Å². The average Bonchev–Trinajstić information content (AvgIpc) is 3.69. The first-order valence-electron chi connectivity index (χ1n) is 19.8. The predicted molar refractivity (Wildman–Crippen MR) is 245 cm³/mol. The molecule has 0 aliphatic rings. The molecule has 0 aliphatic heterocycles. The molecule has 0 fully saturated rings. The topological polar surface area (TPSA) is 16.4 Å². The molecule has 11 aromatic rings. The van der Waals surface area contributed by atoms with E-state index in [2.05, 4.69) is 223 Å². The molecule has 0 bridgehead atoms. The van der Waals surface area contributed by atoms with Crippen LogP contribution >= 0.6 is 0 Å². The Bertz CT molecular complexity index is 3260. The minimum Gasteiger partial charge on any atom is -0.455 e. The Labute approximate surface area is 337 Å². The highest BCUT2D eigenvalue weighted by Gasteiger charge is 2.20. The van der Waals surface area contributed by atoms with Crippen molar-refractivity contribution in [3.05, 3.63) is 224 Å². The molecule has 1 aromatic heterocycles. The summed E-state index contributed by atoms with van der Waals surface area (Å²) in [7, 11) is 0. The summed E-state index contributed by atoms with van der Waals surface area (Å²) in [6.45, 7) is 0. The van der Waals surface area contributed by atoms with Gasteiger partial charge in [0.15, 0.2) is 0 Å². The van der Waals surface area contributed by atoms with Gasteiger partial charge >= 0.3 is 0 Å². The Morgan fingerprint density at radius 1 is 0.293 bits per heavy atom.